The molecule has 0 N–H and O–H groups in total. The van der Waals surface area contributed by atoms with Gasteiger partial charge < -0.3 is 14.4 Å². The average Bonchev–Trinajstić information content (AvgIpc) is 1.38. The first-order valence-electron chi connectivity index (χ1n) is 1.17. The molecule has 0 saturated heterocycles. The molecule has 0 unspecified atom stereocenters. The number of rotatable bonds is 0. The summed E-state index contributed by atoms with van der Waals surface area (Å²) in [4.78, 5) is 0. The predicted octanol–water partition coefficient (Wildman–Crippen LogP) is 1.96. The van der Waals surface area contributed by atoms with Gasteiger partial charge in [-0.2, -0.15) is 11.8 Å². The van der Waals surface area contributed by atoms with Crippen molar-refractivity contribution in [3.8, 4) is 0 Å². The molecule has 0 nitrogen and oxygen atoms in total. The van der Waals surface area contributed by atoms with Gasteiger partial charge in [-0.15, -0.1) is 12.2 Å². The van der Waals surface area contributed by atoms with E-state index in [1.165, 1.54) is 11.8 Å². The second-order valence-electron chi connectivity index (χ2n) is 0.576. The molecule has 0 bridgehead atoms. The van der Waals surface area contributed by atoms with Gasteiger partial charge in [0.25, 0.3) is 0 Å². The molecule has 0 amide bonds. The van der Waals surface area contributed by atoms with Crippen LogP contribution in [0.3, 0.4) is 0 Å². The molecule has 0 saturated carbocycles. The summed E-state index contributed by atoms with van der Waals surface area (Å²) in [5.74, 6) is 0. The molecule has 0 aromatic rings. The number of hydrogen-bond acceptors (Lipinski definition) is 2. The maximum absolute atomic E-state index is 4.55. The molecule has 0 rings (SSSR count). The van der Waals surface area contributed by atoms with E-state index in [2.05, 4.69) is 19.1 Å². The summed E-state index contributed by atoms with van der Waals surface area (Å²) >= 11 is 6.05. The topological polar surface area (TPSA) is 0 Å². The first-order chi connectivity index (χ1) is 2.27. The second-order valence-corrected chi connectivity index (χ2v) is 2.23. The van der Waals surface area contributed by atoms with Crippen molar-refractivity contribution in [1.29, 1.82) is 0 Å². The summed E-state index contributed by atoms with van der Waals surface area (Å²) in [5, 5.41) is 0. The van der Waals surface area contributed by atoms with E-state index in [4.69, 9.17) is 0 Å². The van der Waals surface area contributed by atoms with E-state index in [1.807, 2.05) is 6.26 Å². The van der Waals surface area contributed by atoms with Gasteiger partial charge in [-0.05, 0) is 6.26 Å². The van der Waals surface area contributed by atoms with Crippen molar-refractivity contribution in [3.63, 3.8) is 0 Å². The molecular formula is C4H8S2Y-2. The van der Waals surface area contributed by atoms with Gasteiger partial charge in [0, 0.05) is 32.7 Å². The fourth-order valence-corrected chi connectivity index (χ4v) is 0. The second kappa shape index (κ2) is 10.4. The van der Waals surface area contributed by atoms with Crippen LogP contribution in [0.2, 0.25) is 0 Å². The van der Waals surface area contributed by atoms with E-state index in [0.29, 0.717) is 0 Å². The van der Waals surface area contributed by atoms with Gasteiger partial charge in [0.15, 0.2) is 0 Å². The smallest absolute Gasteiger partial charge is 0 e. The zero-order chi connectivity index (χ0) is 4.28. The van der Waals surface area contributed by atoms with Gasteiger partial charge in [0.05, 0.1) is 0 Å². The normalized spacial score (nSPS) is 5.29. The third-order valence-corrected chi connectivity index (χ3v) is 1.18. The van der Waals surface area contributed by atoms with Gasteiger partial charge in [0.1, 0.15) is 0 Å². The summed E-state index contributed by atoms with van der Waals surface area (Å²) < 4.78 is 0.755. The molecule has 0 aliphatic heterocycles. The molecule has 41 valence electrons. The number of thioether (sulfide) groups is 1. The molecule has 0 fully saturated rings. The van der Waals surface area contributed by atoms with E-state index < -0.39 is 0 Å². The molecule has 3 heteroatoms. The summed E-state index contributed by atoms with van der Waals surface area (Å²) in [6.07, 6.45) is 1.91. The summed E-state index contributed by atoms with van der Waals surface area (Å²) in [6, 6.07) is 0. The molecule has 0 aliphatic carbocycles. The monoisotopic (exact) mass is 209 g/mol. The van der Waals surface area contributed by atoms with Crippen LogP contribution in [0.25, 0.3) is 0 Å². The maximum atomic E-state index is 4.55. The fraction of sp³-hybridized carbons (Fsp3) is 0.250. The Balaban J connectivity index is -0.0000000800. The summed E-state index contributed by atoms with van der Waals surface area (Å²) in [5.41, 5.74) is 0. The van der Waals surface area contributed by atoms with E-state index in [9.17, 15) is 0 Å². The Bertz CT molecular complexity index is 45.0. The van der Waals surface area contributed by atoms with E-state index in [0.717, 1.165) is 4.20 Å². The van der Waals surface area contributed by atoms with Gasteiger partial charge in [0.2, 0.25) is 0 Å². The van der Waals surface area contributed by atoms with Gasteiger partial charge in [-0.1, -0.05) is 4.20 Å². The minimum absolute atomic E-state index is 0. The van der Waals surface area contributed by atoms with Gasteiger partial charge in [-0.25, -0.2) is 0 Å². The van der Waals surface area contributed by atoms with Crippen LogP contribution in [0.15, 0.2) is 0 Å². The van der Waals surface area contributed by atoms with Gasteiger partial charge in [-0.3, -0.25) is 0 Å². The Kier molecular flexibility index (Phi) is 23.5. The predicted molar refractivity (Wildman–Crippen MR) is 37.9 cm³/mol. The van der Waals surface area contributed by atoms with Crippen LogP contribution in [0, 0.1) is 14.4 Å². The molecule has 7 heavy (non-hydrogen) atoms. The fourth-order valence-electron chi connectivity index (χ4n) is 0. The van der Waals surface area contributed by atoms with Crippen LogP contribution in [0.5, 0.6) is 0 Å². The molecule has 0 aliphatic rings. The molecule has 0 spiro atoms. The first kappa shape index (κ1) is 15.8. The first-order valence-corrected chi connectivity index (χ1v) is 2.80. The minimum atomic E-state index is 0. The molecule has 0 atom stereocenters. The van der Waals surface area contributed by atoms with Crippen molar-refractivity contribution in [2.45, 2.75) is 0 Å². The standard InChI is InChI=1S/C3H5S2.CH3.Y/c1-3(4)5-2;;/h1H2,2H3;1H3;/q2*-1;. The Hall–Kier alpha value is 1.41. The molecule has 1 radical (unpaired) electrons. The van der Waals surface area contributed by atoms with Crippen molar-refractivity contribution >= 4 is 28.2 Å². The molecule has 0 aromatic heterocycles. The summed E-state index contributed by atoms with van der Waals surface area (Å²) in [7, 11) is 0. The van der Waals surface area contributed by atoms with Crippen LogP contribution < -0.4 is 0 Å². The zero-order valence-corrected chi connectivity index (χ0v) is 9.07. The van der Waals surface area contributed by atoms with E-state index in [1.54, 1.807) is 0 Å². The van der Waals surface area contributed by atoms with Crippen molar-refractivity contribution in [1.82, 2.24) is 0 Å². The number of thiocarbonyl (C=S) groups is 1. The quantitative estimate of drug-likeness (QED) is 0.442. The third-order valence-electron chi connectivity index (χ3n) is 0.228. The molecule has 0 aromatic carbocycles. The van der Waals surface area contributed by atoms with Gasteiger partial charge >= 0.3 is 0 Å². The zero-order valence-electron chi connectivity index (χ0n) is 4.60. The summed E-state index contributed by atoms with van der Waals surface area (Å²) in [6.45, 7) is 3.45. The van der Waals surface area contributed by atoms with Crippen molar-refractivity contribution < 1.29 is 32.7 Å². The van der Waals surface area contributed by atoms with Crippen molar-refractivity contribution in [2.75, 3.05) is 6.26 Å². The Morgan fingerprint density at radius 1 is 1.71 bits per heavy atom. The van der Waals surface area contributed by atoms with Crippen LogP contribution >= 0.6 is 24.0 Å². The maximum Gasteiger partial charge on any atom is 0 e. The molecule has 0 heterocycles. The number of hydrogen-bond donors (Lipinski definition) is 0. The largest absolute Gasteiger partial charge is 0.358 e. The minimum Gasteiger partial charge on any atom is -0.358 e. The Labute approximate surface area is 80.7 Å². The van der Waals surface area contributed by atoms with Crippen LogP contribution in [0.1, 0.15) is 0 Å². The van der Waals surface area contributed by atoms with Crippen molar-refractivity contribution in [2.24, 2.45) is 0 Å². The van der Waals surface area contributed by atoms with Crippen molar-refractivity contribution in [3.05, 3.63) is 14.4 Å². The van der Waals surface area contributed by atoms with E-state index >= 15 is 0 Å². The SMILES string of the molecule is [CH2-]C(=S)SC.[CH3-].[Y]. The molecular weight excluding hydrogens is 201 g/mol. The van der Waals surface area contributed by atoms with Crippen LogP contribution in [-0.2, 0) is 32.7 Å². The van der Waals surface area contributed by atoms with E-state index in [-0.39, 0.29) is 40.1 Å². The Morgan fingerprint density at radius 3 is 1.86 bits per heavy atom. The third kappa shape index (κ3) is 18.6. The average molecular weight is 209 g/mol. The van der Waals surface area contributed by atoms with Crippen LogP contribution in [0.4, 0.5) is 0 Å². The Morgan fingerprint density at radius 2 is 1.86 bits per heavy atom. The van der Waals surface area contributed by atoms with Crippen LogP contribution in [-0.4, -0.2) is 10.5 Å².